The van der Waals surface area contributed by atoms with Crippen LogP contribution in [0.15, 0.2) is 18.2 Å². The quantitative estimate of drug-likeness (QED) is 0.876. The summed E-state index contributed by atoms with van der Waals surface area (Å²) >= 11 is 0. The first kappa shape index (κ1) is 16.7. The highest BCUT2D eigenvalue weighted by Crippen LogP contribution is 2.26. The number of carbonyl (C=O) groups excluding carboxylic acids is 1. The molecule has 0 saturated carbocycles. The van der Waals surface area contributed by atoms with Crippen molar-refractivity contribution in [3.8, 4) is 5.75 Å². The van der Waals surface area contributed by atoms with Gasteiger partial charge in [0.1, 0.15) is 11.6 Å². The highest BCUT2D eigenvalue weighted by Gasteiger charge is 2.32. The van der Waals surface area contributed by atoms with Gasteiger partial charge in [0.2, 0.25) is 0 Å². The Labute approximate surface area is 129 Å². The third kappa shape index (κ3) is 4.18. The molecule has 0 radical (unpaired) electrons. The van der Waals surface area contributed by atoms with E-state index in [1.807, 2.05) is 13.8 Å². The Balaban J connectivity index is 1.91. The van der Waals surface area contributed by atoms with Gasteiger partial charge in [0, 0.05) is 13.0 Å². The van der Waals surface area contributed by atoms with Crippen LogP contribution in [-0.4, -0.2) is 38.6 Å². The van der Waals surface area contributed by atoms with Gasteiger partial charge < -0.3 is 19.5 Å². The Bertz CT molecular complexity index is 529. The highest BCUT2D eigenvalue weighted by molar-refractivity contribution is 5.96. The summed E-state index contributed by atoms with van der Waals surface area (Å²) in [7, 11) is 1.45. The first-order valence-corrected chi connectivity index (χ1v) is 7.33. The number of nitrogens with one attached hydrogen (secondary N) is 1. The number of ether oxygens (including phenoxy) is 3. The molecule has 1 N–H and O–H groups in total. The summed E-state index contributed by atoms with van der Waals surface area (Å²) in [6.45, 7) is 5.53. The van der Waals surface area contributed by atoms with E-state index in [1.165, 1.54) is 25.3 Å². The second-order valence-corrected chi connectivity index (χ2v) is 5.69. The highest BCUT2D eigenvalue weighted by atomic mass is 19.1. The fourth-order valence-corrected chi connectivity index (χ4v) is 2.60. The summed E-state index contributed by atoms with van der Waals surface area (Å²) in [4.78, 5) is 12.2. The molecule has 1 unspecified atom stereocenters. The van der Waals surface area contributed by atoms with Crippen molar-refractivity contribution in [3.63, 3.8) is 0 Å². The Morgan fingerprint density at radius 3 is 2.77 bits per heavy atom. The van der Waals surface area contributed by atoms with Gasteiger partial charge in [-0.3, -0.25) is 4.79 Å². The van der Waals surface area contributed by atoms with E-state index >= 15 is 0 Å². The van der Waals surface area contributed by atoms with Crippen molar-refractivity contribution < 1.29 is 23.4 Å². The van der Waals surface area contributed by atoms with E-state index in [0.29, 0.717) is 31.9 Å². The minimum atomic E-state index is -0.583. The van der Waals surface area contributed by atoms with Crippen LogP contribution in [0, 0.1) is 11.7 Å². The zero-order chi connectivity index (χ0) is 16.2. The molecule has 6 heteroatoms. The number of hydrogen-bond donors (Lipinski definition) is 1. The average Bonchev–Trinajstić information content (AvgIpc) is 2.91. The number of amides is 1. The van der Waals surface area contributed by atoms with Crippen LogP contribution in [0.5, 0.6) is 5.75 Å². The number of hydrogen-bond acceptors (Lipinski definition) is 4. The van der Waals surface area contributed by atoms with Crippen molar-refractivity contribution in [1.29, 1.82) is 0 Å². The number of benzene rings is 1. The van der Waals surface area contributed by atoms with Gasteiger partial charge in [-0.25, -0.2) is 4.39 Å². The van der Waals surface area contributed by atoms with Gasteiger partial charge in [-0.2, -0.15) is 0 Å². The molecule has 1 atom stereocenters. The van der Waals surface area contributed by atoms with Crippen LogP contribution < -0.4 is 10.1 Å². The van der Waals surface area contributed by atoms with E-state index in [4.69, 9.17) is 14.2 Å². The van der Waals surface area contributed by atoms with Gasteiger partial charge in [-0.15, -0.1) is 0 Å². The maximum atomic E-state index is 13.3. The molecule has 1 saturated heterocycles. The number of methoxy groups -OCH3 is 1. The Morgan fingerprint density at radius 1 is 1.45 bits per heavy atom. The number of halogens is 1. The third-order valence-electron chi connectivity index (χ3n) is 3.63. The minimum absolute atomic E-state index is 0.159. The van der Waals surface area contributed by atoms with Gasteiger partial charge >= 0.3 is 0 Å². The van der Waals surface area contributed by atoms with Crippen molar-refractivity contribution >= 4 is 5.91 Å². The van der Waals surface area contributed by atoms with E-state index in [0.717, 1.165) is 0 Å². The van der Waals surface area contributed by atoms with Gasteiger partial charge in [-0.05, 0) is 31.0 Å². The van der Waals surface area contributed by atoms with Crippen LogP contribution in [0.1, 0.15) is 30.6 Å². The monoisotopic (exact) mass is 311 g/mol. The van der Waals surface area contributed by atoms with Crippen molar-refractivity contribution in [2.75, 3.05) is 26.9 Å². The van der Waals surface area contributed by atoms with Crippen LogP contribution in [-0.2, 0) is 9.47 Å². The average molecular weight is 311 g/mol. The lowest BCUT2D eigenvalue weighted by atomic mass is 10.0. The van der Waals surface area contributed by atoms with Gasteiger partial charge in [0.15, 0.2) is 5.79 Å². The number of rotatable bonds is 6. The van der Waals surface area contributed by atoms with Crippen LogP contribution in [0.25, 0.3) is 0 Å². The van der Waals surface area contributed by atoms with E-state index in [2.05, 4.69) is 5.32 Å². The van der Waals surface area contributed by atoms with Crippen LogP contribution in [0.2, 0.25) is 0 Å². The normalized spacial score (nSPS) is 18.0. The second kappa shape index (κ2) is 7.07. The summed E-state index contributed by atoms with van der Waals surface area (Å²) < 4.78 is 29.5. The molecule has 1 amide bonds. The summed E-state index contributed by atoms with van der Waals surface area (Å²) in [6, 6.07) is 3.87. The fraction of sp³-hybridized carbons (Fsp3) is 0.562. The smallest absolute Gasteiger partial charge is 0.255 e. The molecular formula is C16H22FNO4. The lowest BCUT2D eigenvalue weighted by Crippen LogP contribution is -2.34. The molecule has 1 heterocycles. The summed E-state index contributed by atoms with van der Waals surface area (Å²) in [5.74, 6) is -0.908. The Hall–Kier alpha value is -1.66. The van der Waals surface area contributed by atoms with Crippen LogP contribution in [0.4, 0.5) is 4.39 Å². The lowest BCUT2D eigenvalue weighted by molar-refractivity contribution is -0.153. The lowest BCUT2D eigenvalue weighted by Gasteiger charge is -2.26. The van der Waals surface area contributed by atoms with E-state index in [1.54, 1.807) is 0 Å². The molecule has 0 spiro atoms. The molecule has 0 aromatic heterocycles. The Morgan fingerprint density at radius 2 is 2.14 bits per heavy atom. The standard InChI is InChI=1S/C16H22FNO4/c1-11(9-16(2)21-6-7-22-16)10-18-15(19)13-8-12(17)4-5-14(13)20-3/h4-5,8,11H,6-7,9-10H2,1-3H3,(H,18,19). The molecule has 1 fully saturated rings. The maximum Gasteiger partial charge on any atom is 0.255 e. The first-order chi connectivity index (χ1) is 10.4. The number of carbonyl (C=O) groups is 1. The zero-order valence-corrected chi connectivity index (χ0v) is 13.1. The molecule has 1 aliphatic rings. The van der Waals surface area contributed by atoms with Crippen molar-refractivity contribution in [3.05, 3.63) is 29.6 Å². The largest absolute Gasteiger partial charge is 0.496 e. The topological polar surface area (TPSA) is 56.8 Å². The predicted octanol–water partition coefficient (Wildman–Crippen LogP) is 2.35. The van der Waals surface area contributed by atoms with Gasteiger partial charge in [0.25, 0.3) is 5.91 Å². The molecule has 0 bridgehead atoms. The van der Waals surface area contributed by atoms with E-state index in [-0.39, 0.29) is 17.4 Å². The summed E-state index contributed by atoms with van der Waals surface area (Å²) in [5.41, 5.74) is 0.189. The third-order valence-corrected chi connectivity index (χ3v) is 3.63. The maximum absolute atomic E-state index is 13.3. The minimum Gasteiger partial charge on any atom is -0.496 e. The van der Waals surface area contributed by atoms with Crippen molar-refractivity contribution in [2.24, 2.45) is 5.92 Å². The molecule has 2 rings (SSSR count). The van der Waals surface area contributed by atoms with Crippen LogP contribution >= 0.6 is 0 Å². The van der Waals surface area contributed by atoms with Gasteiger partial charge in [-0.1, -0.05) is 6.92 Å². The molecule has 22 heavy (non-hydrogen) atoms. The molecule has 1 aromatic carbocycles. The molecular weight excluding hydrogens is 289 g/mol. The summed E-state index contributed by atoms with van der Waals surface area (Å²) in [6.07, 6.45) is 0.674. The molecule has 122 valence electrons. The molecule has 1 aliphatic heterocycles. The molecule has 0 aliphatic carbocycles. The van der Waals surface area contributed by atoms with E-state index < -0.39 is 11.6 Å². The van der Waals surface area contributed by atoms with Gasteiger partial charge in [0.05, 0.1) is 25.9 Å². The van der Waals surface area contributed by atoms with Crippen molar-refractivity contribution in [2.45, 2.75) is 26.1 Å². The zero-order valence-electron chi connectivity index (χ0n) is 13.1. The Kier molecular flexibility index (Phi) is 5.37. The summed E-state index contributed by atoms with van der Waals surface area (Å²) in [5, 5.41) is 2.80. The predicted molar refractivity (Wildman–Crippen MR) is 79.4 cm³/mol. The van der Waals surface area contributed by atoms with Crippen LogP contribution in [0.3, 0.4) is 0 Å². The fourth-order valence-electron chi connectivity index (χ4n) is 2.60. The second-order valence-electron chi connectivity index (χ2n) is 5.69. The molecule has 1 aromatic rings. The van der Waals surface area contributed by atoms with Crippen molar-refractivity contribution in [1.82, 2.24) is 5.32 Å². The SMILES string of the molecule is COc1ccc(F)cc1C(=O)NCC(C)CC1(C)OCCO1. The van der Waals surface area contributed by atoms with E-state index in [9.17, 15) is 9.18 Å². The molecule has 5 nitrogen and oxygen atoms in total. The first-order valence-electron chi connectivity index (χ1n) is 7.33.